The molecule has 0 aliphatic heterocycles. The van der Waals surface area contributed by atoms with Crippen LogP contribution < -0.4 is 14.8 Å². The van der Waals surface area contributed by atoms with Gasteiger partial charge in [-0.1, -0.05) is 25.4 Å². The first-order valence-electron chi connectivity index (χ1n) is 12.3. The Morgan fingerprint density at radius 2 is 1.46 bits per heavy atom. The number of hydrogen-bond acceptors (Lipinski definition) is 5. The maximum Gasteiger partial charge on any atom is 0.257 e. The van der Waals surface area contributed by atoms with E-state index >= 15 is 0 Å². The van der Waals surface area contributed by atoms with E-state index in [1.54, 1.807) is 24.4 Å². The van der Waals surface area contributed by atoms with Crippen molar-refractivity contribution in [3.05, 3.63) is 102 Å². The van der Waals surface area contributed by atoms with Crippen molar-refractivity contribution in [2.45, 2.75) is 13.8 Å². The van der Waals surface area contributed by atoms with Gasteiger partial charge in [-0.3, -0.25) is 9.78 Å². The third-order valence-corrected chi connectivity index (χ3v) is 6.16. The van der Waals surface area contributed by atoms with E-state index in [1.165, 1.54) is 0 Å². The molecule has 0 atom stereocenters. The van der Waals surface area contributed by atoms with Gasteiger partial charge in [-0.2, -0.15) is 0 Å². The average Bonchev–Trinajstić information content (AvgIpc) is 2.94. The fraction of sp³-hybridized carbons (Fsp3) is 0.200. The van der Waals surface area contributed by atoms with E-state index in [0.29, 0.717) is 34.4 Å². The van der Waals surface area contributed by atoms with Crippen molar-refractivity contribution in [2.75, 3.05) is 31.6 Å². The van der Waals surface area contributed by atoms with Crippen molar-refractivity contribution < 1.29 is 14.3 Å². The second-order valence-corrected chi connectivity index (χ2v) is 8.80. The van der Waals surface area contributed by atoms with Crippen molar-refractivity contribution in [1.82, 2.24) is 9.88 Å². The SMILES string of the molecule is CCN(CC)CCOc1ccc(NC(=O)c2ccc(-c3ccc(Oc4ccc(Cl)cc4)cc3)nc2)cc1. The molecule has 1 heterocycles. The highest BCUT2D eigenvalue weighted by Gasteiger charge is 2.09. The lowest BCUT2D eigenvalue weighted by Gasteiger charge is -2.18. The summed E-state index contributed by atoms with van der Waals surface area (Å²) >= 11 is 5.92. The Bertz CT molecular complexity index is 1270. The molecule has 0 radical (unpaired) electrons. The molecule has 37 heavy (non-hydrogen) atoms. The summed E-state index contributed by atoms with van der Waals surface area (Å²) in [6.07, 6.45) is 1.58. The van der Waals surface area contributed by atoms with E-state index in [0.717, 1.165) is 36.6 Å². The van der Waals surface area contributed by atoms with E-state index in [-0.39, 0.29) is 5.91 Å². The van der Waals surface area contributed by atoms with Gasteiger partial charge in [-0.25, -0.2) is 0 Å². The van der Waals surface area contributed by atoms with Crippen LogP contribution in [-0.2, 0) is 0 Å². The largest absolute Gasteiger partial charge is 0.492 e. The maximum atomic E-state index is 12.7. The highest BCUT2D eigenvalue weighted by atomic mass is 35.5. The molecule has 6 nitrogen and oxygen atoms in total. The molecule has 1 amide bonds. The van der Waals surface area contributed by atoms with Crippen LogP contribution in [0.15, 0.2) is 91.1 Å². The number of carbonyl (C=O) groups is 1. The topological polar surface area (TPSA) is 63.7 Å². The summed E-state index contributed by atoms with van der Waals surface area (Å²) < 4.78 is 11.6. The molecule has 0 saturated carbocycles. The van der Waals surface area contributed by atoms with Crippen molar-refractivity contribution in [2.24, 2.45) is 0 Å². The second-order valence-electron chi connectivity index (χ2n) is 8.37. The zero-order chi connectivity index (χ0) is 26.0. The summed E-state index contributed by atoms with van der Waals surface area (Å²) in [7, 11) is 0. The quantitative estimate of drug-likeness (QED) is 0.229. The Morgan fingerprint density at radius 3 is 2.05 bits per heavy atom. The smallest absolute Gasteiger partial charge is 0.257 e. The van der Waals surface area contributed by atoms with Crippen LogP contribution in [0.25, 0.3) is 11.3 Å². The minimum absolute atomic E-state index is 0.221. The lowest BCUT2D eigenvalue weighted by molar-refractivity contribution is 0.102. The zero-order valence-electron chi connectivity index (χ0n) is 21.0. The average molecular weight is 516 g/mol. The first kappa shape index (κ1) is 26.2. The Morgan fingerprint density at radius 1 is 0.838 bits per heavy atom. The molecule has 0 fully saturated rings. The number of nitrogens with one attached hydrogen (secondary N) is 1. The first-order chi connectivity index (χ1) is 18.0. The predicted octanol–water partition coefficient (Wildman–Crippen LogP) is 7.17. The lowest BCUT2D eigenvalue weighted by atomic mass is 10.1. The Hall–Kier alpha value is -3.87. The van der Waals surface area contributed by atoms with Gasteiger partial charge in [0.05, 0.1) is 11.3 Å². The van der Waals surface area contributed by atoms with Gasteiger partial charge in [0.2, 0.25) is 0 Å². The monoisotopic (exact) mass is 515 g/mol. The summed E-state index contributed by atoms with van der Waals surface area (Å²) in [6, 6.07) is 25.8. The van der Waals surface area contributed by atoms with Gasteiger partial charge in [0.25, 0.3) is 5.91 Å². The molecule has 3 aromatic carbocycles. The van der Waals surface area contributed by atoms with Crippen molar-refractivity contribution >= 4 is 23.2 Å². The lowest BCUT2D eigenvalue weighted by Crippen LogP contribution is -2.27. The van der Waals surface area contributed by atoms with Gasteiger partial charge in [0.15, 0.2) is 0 Å². The van der Waals surface area contributed by atoms with Crippen LogP contribution in [-0.4, -0.2) is 42.0 Å². The van der Waals surface area contributed by atoms with E-state index in [2.05, 4.69) is 29.0 Å². The van der Waals surface area contributed by atoms with E-state index in [1.807, 2.05) is 66.7 Å². The molecule has 190 valence electrons. The van der Waals surface area contributed by atoms with Crippen LogP contribution in [0.1, 0.15) is 24.2 Å². The number of nitrogens with zero attached hydrogens (tertiary/aromatic N) is 2. The highest BCUT2D eigenvalue weighted by Crippen LogP contribution is 2.26. The zero-order valence-corrected chi connectivity index (χ0v) is 21.7. The third-order valence-electron chi connectivity index (χ3n) is 5.91. The van der Waals surface area contributed by atoms with E-state index < -0.39 is 0 Å². The summed E-state index contributed by atoms with van der Waals surface area (Å²) in [5.74, 6) is 1.98. The molecule has 0 saturated heterocycles. The normalized spacial score (nSPS) is 10.8. The minimum atomic E-state index is -0.221. The van der Waals surface area contributed by atoms with Gasteiger partial charge < -0.3 is 19.7 Å². The fourth-order valence-corrected chi connectivity index (χ4v) is 3.83. The van der Waals surface area contributed by atoms with Crippen LogP contribution in [0.3, 0.4) is 0 Å². The number of ether oxygens (including phenoxy) is 2. The number of halogens is 1. The van der Waals surface area contributed by atoms with Crippen LogP contribution in [0.4, 0.5) is 5.69 Å². The molecule has 0 bridgehead atoms. The van der Waals surface area contributed by atoms with Gasteiger partial charge >= 0.3 is 0 Å². The Kier molecular flexibility index (Phi) is 9.13. The fourth-order valence-electron chi connectivity index (χ4n) is 3.70. The van der Waals surface area contributed by atoms with Crippen molar-refractivity contribution in [3.63, 3.8) is 0 Å². The molecule has 1 N–H and O–H groups in total. The molecule has 0 aliphatic rings. The number of rotatable bonds is 11. The van der Waals surface area contributed by atoms with Gasteiger partial charge in [-0.15, -0.1) is 0 Å². The molecule has 7 heteroatoms. The Labute approximate surface area is 222 Å². The standard InChI is InChI=1S/C30H30ClN3O3/c1-3-34(4-2)19-20-36-26-16-10-25(11-17-26)33-30(35)23-7-18-29(32-21-23)22-5-12-27(13-6-22)37-28-14-8-24(31)9-15-28/h5-18,21H,3-4,19-20H2,1-2H3,(H,33,35). The van der Waals surface area contributed by atoms with Crippen molar-refractivity contribution in [1.29, 1.82) is 0 Å². The number of likely N-dealkylation sites (N-methyl/N-ethyl adjacent to an activating group) is 1. The molecule has 4 aromatic rings. The number of amides is 1. The molecular formula is C30H30ClN3O3. The summed E-state index contributed by atoms with van der Waals surface area (Å²) in [4.78, 5) is 19.5. The minimum Gasteiger partial charge on any atom is -0.492 e. The molecule has 4 rings (SSSR count). The van der Waals surface area contributed by atoms with Gasteiger partial charge in [-0.05, 0) is 98.0 Å². The number of benzene rings is 3. The third kappa shape index (κ3) is 7.56. The summed E-state index contributed by atoms with van der Waals surface area (Å²) in [5.41, 5.74) is 2.86. The van der Waals surface area contributed by atoms with Crippen LogP contribution in [0.2, 0.25) is 5.02 Å². The number of carbonyl (C=O) groups excluding carboxylic acids is 1. The molecule has 0 unspecified atom stereocenters. The summed E-state index contributed by atoms with van der Waals surface area (Å²) in [5, 5.41) is 3.57. The second kappa shape index (κ2) is 12.9. The van der Waals surface area contributed by atoms with Gasteiger partial charge in [0.1, 0.15) is 23.9 Å². The van der Waals surface area contributed by atoms with E-state index in [9.17, 15) is 4.79 Å². The van der Waals surface area contributed by atoms with Crippen LogP contribution in [0.5, 0.6) is 17.2 Å². The molecule has 0 spiro atoms. The molecule has 0 aliphatic carbocycles. The number of pyridine rings is 1. The highest BCUT2D eigenvalue weighted by molar-refractivity contribution is 6.30. The van der Waals surface area contributed by atoms with E-state index in [4.69, 9.17) is 21.1 Å². The molecular weight excluding hydrogens is 486 g/mol. The van der Waals surface area contributed by atoms with Crippen molar-refractivity contribution in [3.8, 4) is 28.5 Å². The van der Waals surface area contributed by atoms with Gasteiger partial charge in [0, 0.05) is 29.0 Å². The van der Waals surface area contributed by atoms with Crippen LogP contribution in [0, 0.1) is 0 Å². The number of aromatic nitrogens is 1. The first-order valence-corrected chi connectivity index (χ1v) is 12.7. The summed E-state index contributed by atoms with van der Waals surface area (Å²) in [6.45, 7) is 7.81. The number of anilines is 1. The maximum absolute atomic E-state index is 12.7. The molecule has 1 aromatic heterocycles. The Balaban J connectivity index is 1.30. The van der Waals surface area contributed by atoms with Crippen LogP contribution >= 0.6 is 11.6 Å². The predicted molar refractivity (Wildman–Crippen MR) is 149 cm³/mol. The number of hydrogen-bond donors (Lipinski definition) is 1.